The van der Waals surface area contributed by atoms with Crippen LogP contribution in [0.25, 0.3) is 17.0 Å². The van der Waals surface area contributed by atoms with Crippen LogP contribution in [0.2, 0.25) is 0 Å². The van der Waals surface area contributed by atoms with Crippen molar-refractivity contribution in [2.45, 2.75) is 6.54 Å². The highest BCUT2D eigenvalue weighted by Crippen LogP contribution is 2.19. The molecule has 4 N–H and O–H groups in total. The maximum absolute atomic E-state index is 11.1. The number of hydroxylamine groups is 1. The highest BCUT2D eigenvalue weighted by molar-refractivity contribution is 5.91. The van der Waals surface area contributed by atoms with Crippen molar-refractivity contribution in [2.75, 3.05) is 5.32 Å². The standard InChI is InChI=1S/C17H16N4O2/c22-17(21-23)8-7-13-3-1-2-4-15(13)18-10-12-5-6-14-11-19-20-16(14)9-12/h1-9,11,18,23H,10H2,(H,19,20)(H,21,22). The average molecular weight is 308 g/mol. The number of rotatable bonds is 5. The zero-order chi connectivity index (χ0) is 16.1. The van der Waals surface area contributed by atoms with Crippen LogP contribution in [0.5, 0.6) is 0 Å². The lowest BCUT2D eigenvalue weighted by Crippen LogP contribution is -2.14. The molecule has 1 heterocycles. The first-order valence-corrected chi connectivity index (χ1v) is 7.13. The third-order valence-corrected chi connectivity index (χ3v) is 3.47. The highest BCUT2D eigenvalue weighted by atomic mass is 16.5. The monoisotopic (exact) mass is 308 g/mol. The number of hydrogen-bond donors (Lipinski definition) is 4. The van der Waals surface area contributed by atoms with E-state index in [2.05, 4.69) is 15.5 Å². The summed E-state index contributed by atoms with van der Waals surface area (Å²) in [5.41, 5.74) is 5.45. The third kappa shape index (κ3) is 3.56. The average Bonchev–Trinajstić information content (AvgIpc) is 3.06. The van der Waals surface area contributed by atoms with Gasteiger partial charge in [-0.15, -0.1) is 0 Å². The third-order valence-electron chi connectivity index (χ3n) is 3.47. The summed E-state index contributed by atoms with van der Waals surface area (Å²) in [7, 11) is 0. The predicted molar refractivity (Wildman–Crippen MR) is 88.8 cm³/mol. The Hall–Kier alpha value is -3.12. The van der Waals surface area contributed by atoms with E-state index >= 15 is 0 Å². The summed E-state index contributed by atoms with van der Waals surface area (Å²) in [4.78, 5) is 11.1. The molecule has 1 aromatic heterocycles. The van der Waals surface area contributed by atoms with E-state index in [1.807, 2.05) is 42.5 Å². The van der Waals surface area contributed by atoms with E-state index < -0.39 is 5.91 Å². The fourth-order valence-electron chi connectivity index (χ4n) is 2.30. The molecule has 0 atom stereocenters. The summed E-state index contributed by atoms with van der Waals surface area (Å²) < 4.78 is 0. The van der Waals surface area contributed by atoms with Gasteiger partial charge in [-0.3, -0.25) is 15.1 Å². The number of hydrogen-bond acceptors (Lipinski definition) is 4. The van der Waals surface area contributed by atoms with E-state index in [0.717, 1.165) is 27.7 Å². The molecule has 3 rings (SSSR count). The minimum absolute atomic E-state index is 0.565. The molecule has 1 amide bonds. The number of nitrogens with zero attached hydrogens (tertiary/aromatic N) is 1. The number of anilines is 1. The molecule has 0 saturated carbocycles. The fraction of sp³-hybridized carbons (Fsp3) is 0.0588. The SMILES string of the molecule is O=C(C=Cc1ccccc1NCc1ccc2cn[nH]c2c1)NO. The molecular weight excluding hydrogens is 292 g/mol. The fourth-order valence-corrected chi connectivity index (χ4v) is 2.30. The maximum atomic E-state index is 11.1. The Bertz CT molecular complexity index is 854. The second-order valence-corrected chi connectivity index (χ2v) is 5.04. The smallest absolute Gasteiger partial charge is 0.267 e. The molecule has 6 nitrogen and oxygen atoms in total. The highest BCUT2D eigenvalue weighted by Gasteiger charge is 2.01. The van der Waals surface area contributed by atoms with Gasteiger partial charge in [-0.05, 0) is 29.3 Å². The van der Waals surface area contributed by atoms with E-state index in [4.69, 9.17) is 5.21 Å². The summed E-state index contributed by atoms with van der Waals surface area (Å²) in [6.45, 7) is 0.645. The van der Waals surface area contributed by atoms with Gasteiger partial charge in [-0.1, -0.05) is 30.3 Å². The van der Waals surface area contributed by atoms with Crippen molar-refractivity contribution in [3.05, 3.63) is 65.9 Å². The Labute approximate surface area is 132 Å². The van der Waals surface area contributed by atoms with Crippen LogP contribution < -0.4 is 10.8 Å². The molecule has 0 aliphatic heterocycles. The minimum Gasteiger partial charge on any atom is -0.380 e. The molecule has 6 heteroatoms. The van der Waals surface area contributed by atoms with Gasteiger partial charge in [0, 0.05) is 23.7 Å². The molecule has 3 aromatic rings. The zero-order valence-electron chi connectivity index (χ0n) is 12.3. The lowest BCUT2D eigenvalue weighted by Gasteiger charge is -2.10. The van der Waals surface area contributed by atoms with Gasteiger partial charge in [0.1, 0.15) is 0 Å². The van der Waals surface area contributed by atoms with Crippen molar-refractivity contribution in [2.24, 2.45) is 0 Å². The zero-order valence-corrected chi connectivity index (χ0v) is 12.3. The van der Waals surface area contributed by atoms with Crippen LogP contribution in [0.15, 0.2) is 54.7 Å². The number of H-pyrrole nitrogens is 1. The van der Waals surface area contributed by atoms with Gasteiger partial charge in [-0.2, -0.15) is 5.10 Å². The van der Waals surface area contributed by atoms with Crippen LogP contribution in [0.4, 0.5) is 5.69 Å². The summed E-state index contributed by atoms with van der Waals surface area (Å²) >= 11 is 0. The van der Waals surface area contributed by atoms with Gasteiger partial charge in [0.2, 0.25) is 0 Å². The Kier molecular flexibility index (Phi) is 4.35. The summed E-state index contributed by atoms with van der Waals surface area (Å²) in [6, 6.07) is 13.7. The summed E-state index contributed by atoms with van der Waals surface area (Å²) in [5, 5.41) is 19.9. The Morgan fingerprint density at radius 2 is 2.13 bits per heavy atom. The van der Waals surface area contributed by atoms with E-state index in [9.17, 15) is 4.79 Å². The molecule has 0 aliphatic carbocycles. The van der Waals surface area contributed by atoms with Crippen molar-refractivity contribution in [3.63, 3.8) is 0 Å². The lowest BCUT2D eigenvalue weighted by molar-refractivity contribution is -0.124. The quantitative estimate of drug-likeness (QED) is 0.331. The second-order valence-electron chi connectivity index (χ2n) is 5.04. The Balaban J connectivity index is 1.74. The van der Waals surface area contributed by atoms with Crippen molar-refractivity contribution < 1.29 is 10.0 Å². The number of benzene rings is 2. The van der Waals surface area contributed by atoms with E-state index in [1.165, 1.54) is 6.08 Å². The van der Waals surface area contributed by atoms with Crippen molar-refractivity contribution in [1.29, 1.82) is 0 Å². The number of aromatic amines is 1. The van der Waals surface area contributed by atoms with Crippen molar-refractivity contribution in [3.8, 4) is 0 Å². The van der Waals surface area contributed by atoms with Crippen LogP contribution in [0.3, 0.4) is 0 Å². The summed E-state index contributed by atoms with van der Waals surface area (Å²) in [5.74, 6) is -0.565. The number of carbonyl (C=O) groups is 1. The number of para-hydroxylation sites is 1. The topological polar surface area (TPSA) is 90.0 Å². The molecule has 0 spiro atoms. The first-order valence-electron chi connectivity index (χ1n) is 7.13. The first kappa shape index (κ1) is 14.8. The van der Waals surface area contributed by atoms with E-state index in [1.54, 1.807) is 17.8 Å². The van der Waals surface area contributed by atoms with Gasteiger partial charge < -0.3 is 5.32 Å². The Morgan fingerprint density at radius 1 is 1.26 bits per heavy atom. The number of aromatic nitrogens is 2. The van der Waals surface area contributed by atoms with Gasteiger partial charge >= 0.3 is 0 Å². The van der Waals surface area contributed by atoms with Crippen LogP contribution in [-0.2, 0) is 11.3 Å². The van der Waals surface area contributed by atoms with Gasteiger partial charge in [-0.25, -0.2) is 5.48 Å². The number of nitrogens with one attached hydrogen (secondary N) is 3. The molecule has 0 bridgehead atoms. The van der Waals surface area contributed by atoms with Crippen LogP contribution in [0.1, 0.15) is 11.1 Å². The van der Waals surface area contributed by atoms with Crippen molar-refractivity contribution in [1.82, 2.24) is 15.7 Å². The van der Waals surface area contributed by atoms with Gasteiger partial charge in [0.05, 0.1) is 11.7 Å². The van der Waals surface area contributed by atoms with E-state index in [0.29, 0.717) is 6.54 Å². The minimum atomic E-state index is -0.565. The molecule has 0 aliphatic rings. The second kappa shape index (κ2) is 6.76. The number of fused-ring (bicyclic) bond motifs is 1. The molecule has 0 saturated heterocycles. The predicted octanol–water partition coefficient (Wildman–Crippen LogP) is 2.69. The van der Waals surface area contributed by atoms with Gasteiger partial charge in [0.15, 0.2) is 0 Å². The molecule has 2 aromatic carbocycles. The molecule has 23 heavy (non-hydrogen) atoms. The van der Waals surface area contributed by atoms with Gasteiger partial charge in [0.25, 0.3) is 5.91 Å². The lowest BCUT2D eigenvalue weighted by atomic mass is 10.1. The Morgan fingerprint density at radius 3 is 3.00 bits per heavy atom. The largest absolute Gasteiger partial charge is 0.380 e. The summed E-state index contributed by atoms with van der Waals surface area (Å²) in [6.07, 6.45) is 4.71. The molecular formula is C17H16N4O2. The molecule has 116 valence electrons. The van der Waals surface area contributed by atoms with Crippen molar-refractivity contribution >= 4 is 28.6 Å². The van der Waals surface area contributed by atoms with E-state index in [-0.39, 0.29) is 0 Å². The maximum Gasteiger partial charge on any atom is 0.267 e. The normalized spacial score (nSPS) is 11.0. The molecule has 0 fully saturated rings. The number of amides is 1. The molecule has 0 radical (unpaired) electrons. The van der Waals surface area contributed by atoms with Crippen LogP contribution in [-0.4, -0.2) is 21.3 Å². The first-order chi connectivity index (χ1) is 11.3. The van der Waals surface area contributed by atoms with Crippen LogP contribution in [0, 0.1) is 0 Å². The van der Waals surface area contributed by atoms with Crippen LogP contribution >= 0.6 is 0 Å². The molecule has 0 unspecified atom stereocenters. The number of carbonyl (C=O) groups excluding carboxylic acids is 1.